The number of carbonyl (C=O) groups excluding carboxylic acids is 1. The molecule has 0 aromatic heterocycles. The third kappa shape index (κ3) is 7.46. The molecule has 0 spiro atoms. The van der Waals surface area contributed by atoms with Gasteiger partial charge in [-0.1, -0.05) is 62.1 Å². The summed E-state index contributed by atoms with van der Waals surface area (Å²) < 4.78 is 5.71. The monoisotopic (exact) mass is 396 g/mol. The van der Waals surface area contributed by atoms with Gasteiger partial charge in [0.2, 0.25) is 0 Å². The Hall–Kier alpha value is -2.77. The van der Waals surface area contributed by atoms with Crippen molar-refractivity contribution in [3.05, 3.63) is 70.3 Å². The molecular weight excluding hydrogens is 372 g/mol. The number of unbranched alkanes of at least 4 members (excludes halogenated alkanes) is 3. The maximum Gasteiger partial charge on any atom is 0.262 e. The first-order valence-corrected chi connectivity index (χ1v) is 9.87. The lowest BCUT2D eigenvalue weighted by molar-refractivity contribution is -0.117. The third-order valence-corrected chi connectivity index (χ3v) is 4.44. The second-order valence-electron chi connectivity index (χ2n) is 6.46. The molecule has 2 aromatic carbocycles. The quantitative estimate of drug-likeness (QED) is 0.326. The van der Waals surface area contributed by atoms with Gasteiger partial charge in [0.15, 0.2) is 0 Å². The van der Waals surface area contributed by atoms with Gasteiger partial charge in [-0.3, -0.25) is 4.79 Å². The van der Waals surface area contributed by atoms with E-state index < -0.39 is 5.91 Å². The highest BCUT2D eigenvalue weighted by atomic mass is 35.5. The molecule has 5 heteroatoms. The summed E-state index contributed by atoms with van der Waals surface area (Å²) in [5.41, 5.74) is 1.74. The summed E-state index contributed by atoms with van der Waals surface area (Å²) in [5.74, 6) is 0.382. The van der Waals surface area contributed by atoms with Gasteiger partial charge in [0.1, 0.15) is 17.4 Å². The summed E-state index contributed by atoms with van der Waals surface area (Å²) in [6.07, 6.45) is 6.22. The molecule has 2 aromatic rings. The van der Waals surface area contributed by atoms with E-state index in [-0.39, 0.29) is 5.57 Å². The van der Waals surface area contributed by atoms with E-state index in [1.807, 2.05) is 42.5 Å². The van der Waals surface area contributed by atoms with Crippen LogP contribution in [0, 0.1) is 11.3 Å². The van der Waals surface area contributed by atoms with Gasteiger partial charge in [-0.15, -0.1) is 0 Å². The number of benzene rings is 2. The minimum absolute atomic E-state index is 0.0576. The lowest BCUT2D eigenvalue weighted by Gasteiger charge is -2.07. The van der Waals surface area contributed by atoms with E-state index in [1.54, 1.807) is 18.2 Å². The van der Waals surface area contributed by atoms with Gasteiger partial charge >= 0.3 is 0 Å². The molecule has 1 N–H and O–H groups in total. The van der Waals surface area contributed by atoms with Crippen LogP contribution >= 0.6 is 11.6 Å². The average Bonchev–Trinajstić information content (AvgIpc) is 2.72. The van der Waals surface area contributed by atoms with Gasteiger partial charge in [0.25, 0.3) is 5.91 Å². The zero-order chi connectivity index (χ0) is 20.2. The van der Waals surface area contributed by atoms with Crippen molar-refractivity contribution in [3.63, 3.8) is 0 Å². The fourth-order valence-electron chi connectivity index (χ4n) is 2.57. The van der Waals surface area contributed by atoms with Crippen LogP contribution in [0.5, 0.6) is 5.75 Å². The van der Waals surface area contributed by atoms with E-state index in [4.69, 9.17) is 16.3 Å². The Balaban J connectivity index is 1.89. The number of rotatable bonds is 10. The smallest absolute Gasteiger partial charge is 0.262 e. The molecule has 0 aliphatic heterocycles. The Kier molecular flexibility index (Phi) is 9.10. The Bertz CT molecular complexity index is 821. The number of nitrogens with one attached hydrogen (secondary N) is 1. The van der Waals surface area contributed by atoms with Crippen molar-refractivity contribution in [3.8, 4) is 11.8 Å². The maximum absolute atomic E-state index is 12.3. The van der Waals surface area contributed by atoms with Gasteiger partial charge in [-0.05, 0) is 47.9 Å². The van der Waals surface area contributed by atoms with Crippen molar-refractivity contribution >= 4 is 23.6 Å². The molecule has 0 radical (unpaired) electrons. The minimum atomic E-state index is -0.409. The van der Waals surface area contributed by atoms with Crippen LogP contribution in [-0.4, -0.2) is 12.5 Å². The predicted molar refractivity (Wildman–Crippen MR) is 113 cm³/mol. The van der Waals surface area contributed by atoms with Crippen molar-refractivity contribution in [1.29, 1.82) is 5.26 Å². The Morgan fingerprint density at radius 3 is 2.46 bits per heavy atom. The minimum Gasteiger partial charge on any atom is -0.494 e. The molecule has 0 saturated heterocycles. The van der Waals surface area contributed by atoms with E-state index >= 15 is 0 Å². The second kappa shape index (κ2) is 11.8. The average molecular weight is 397 g/mol. The summed E-state index contributed by atoms with van der Waals surface area (Å²) in [6.45, 7) is 3.21. The van der Waals surface area contributed by atoms with Crippen molar-refractivity contribution in [2.75, 3.05) is 6.61 Å². The van der Waals surface area contributed by atoms with Crippen LogP contribution in [0.1, 0.15) is 43.7 Å². The fraction of sp³-hybridized carbons (Fsp3) is 0.304. The summed E-state index contributed by atoms with van der Waals surface area (Å²) >= 11 is 5.85. The molecule has 0 fully saturated rings. The van der Waals surface area contributed by atoms with Crippen LogP contribution in [0.15, 0.2) is 54.1 Å². The summed E-state index contributed by atoms with van der Waals surface area (Å²) in [7, 11) is 0. The zero-order valence-corrected chi connectivity index (χ0v) is 16.8. The highest BCUT2D eigenvalue weighted by Gasteiger charge is 2.09. The van der Waals surface area contributed by atoms with E-state index in [9.17, 15) is 10.1 Å². The van der Waals surface area contributed by atoms with E-state index in [2.05, 4.69) is 12.2 Å². The molecule has 146 valence electrons. The SMILES string of the molecule is CCCCCCOc1ccc(C=C(C#N)C(=O)NCc2ccc(Cl)cc2)cc1. The highest BCUT2D eigenvalue weighted by molar-refractivity contribution is 6.30. The molecule has 1 amide bonds. The number of hydrogen-bond donors (Lipinski definition) is 1. The first-order valence-electron chi connectivity index (χ1n) is 9.49. The van der Waals surface area contributed by atoms with Crippen molar-refractivity contribution in [1.82, 2.24) is 5.32 Å². The molecule has 28 heavy (non-hydrogen) atoms. The molecule has 0 bridgehead atoms. The zero-order valence-electron chi connectivity index (χ0n) is 16.1. The molecular formula is C23H25ClN2O2. The normalized spacial score (nSPS) is 11.0. The number of nitriles is 1. The fourth-order valence-corrected chi connectivity index (χ4v) is 2.70. The third-order valence-electron chi connectivity index (χ3n) is 4.19. The van der Waals surface area contributed by atoms with Gasteiger partial charge < -0.3 is 10.1 Å². The van der Waals surface area contributed by atoms with Crippen LogP contribution in [0.4, 0.5) is 0 Å². The van der Waals surface area contributed by atoms with Gasteiger partial charge in [0.05, 0.1) is 6.61 Å². The number of halogens is 1. The van der Waals surface area contributed by atoms with Gasteiger partial charge in [0, 0.05) is 11.6 Å². The predicted octanol–water partition coefficient (Wildman–Crippen LogP) is 5.52. The van der Waals surface area contributed by atoms with E-state index in [0.29, 0.717) is 18.2 Å². The first kappa shape index (κ1) is 21.5. The highest BCUT2D eigenvalue weighted by Crippen LogP contribution is 2.16. The summed E-state index contributed by atoms with van der Waals surface area (Å²) in [5, 5.41) is 12.7. The van der Waals surface area contributed by atoms with Crippen LogP contribution in [0.2, 0.25) is 5.02 Å². The van der Waals surface area contributed by atoms with Crippen LogP contribution in [-0.2, 0) is 11.3 Å². The molecule has 0 aliphatic carbocycles. The number of ether oxygens (including phenoxy) is 1. The molecule has 4 nitrogen and oxygen atoms in total. The Labute approximate surface area is 171 Å². The number of amides is 1. The number of carbonyl (C=O) groups is 1. The Morgan fingerprint density at radius 1 is 1.11 bits per heavy atom. The van der Waals surface area contributed by atoms with Gasteiger partial charge in [-0.25, -0.2) is 0 Å². The first-order chi connectivity index (χ1) is 13.6. The lowest BCUT2D eigenvalue weighted by atomic mass is 10.1. The maximum atomic E-state index is 12.3. The van der Waals surface area contributed by atoms with Crippen molar-refractivity contribution in [2.45, 2.75) is 39.2 Å². The Morgan fingerprint density at radius 2 is 1.82 bits per heavy atom. The van der Waals surface area contributed by atoms with E-state index in [1.165, 1.54) is 19.3 Å². The van der Waals surface area contributed by atoms with Crippen molar-refractivity contribution in [2.24, 2.45) is 0 Å². The molecule has 0 atom stereocenters. The summed E-state index contributed by atoms with van der Waals surface area (Å²) in [6, 6.07) is 16.5. The molecule has 0 saturated carbocycles. The number of hydrogen-bond acceptors (Lipinski definition) is 3. The largest absolute Gasteiger partial charge is 0.494 e. The van der Waals surface area contributed by atoms with Gasteiger partial charge in [-0.2, -0.15) is 5.26 Å². The topological polar surface area (TPSA) is 62.1 Å². The lowest BCUT2D eigenvalue weighted by Crippen LogP contribution is -2.23. The standard InChI is InChI=1S/C23H25ClN2O2/c1-2-3-4-5-14-28-22-12-8-18(9-13-22)15-20(16-25)23(27)26-17-19-6-10-21(24)11-7-19/h6-13,15H,2-5,14,17H2,1H3,(H,26,27). The molecule has 2 rings (SSSR count). The van der Waals surface area contributed by atoms with E-state index in [0.717, 1.165) is 23.3 Å². The molecule has 0 unspecified atom stereocenters. The van der Waals surface area contributed by atoms with Crippen molar-refractivity contribution < 1.29 is 9.53 Å². The van der Waals surface area contributed by atoms with Crippen LogP contribution in [0.25, 0.3) is 6.08 Å². The molecule has 0 aliphatic rings. The van der Waals surface area contributed by atoms with Crippen LogP contribution < -0.4 is 10.1 Å². The second-order valence-corrected chi connectivity index (χ2v) is 6.89. The molecule has 0 heterocycles. The summed E-state index contributed by atoms with van der Waals surface area (Å²) in [4.78, 5) is 12.3. The number of nitrogens with zero attached hydrogens (tertiary/aromatic N) is 1. The van der Waals surface area contributed by atoms with Crippen LogP contribution in [0.3, 0.4) is 0 Å².